The van der Waals surface area contributed by atoms with Crippen molar-refractivity contribution in [2.75, 3.05) is 25.4 Å². The van der Waals surface area contributed by atoms with E-state index in [1.165, 1.54) is 31.5 Å². The second-order valence-corrected chi connectivity index (χ2v) is 4.65. The molecule has 4 rings (SSSR count). The van der Waals surface area contributed by atoms with Gasteiger partial charge in [0, 0.05) is 25.5 Å². The number of nitrogen functional groups attached to an aromatic ring is 1. The van der Waals surface area contributed by atoms with Crippen LogP contribution in [0, 0.1) is 0 Å². The summed E-state index contributed by atoms with van der Waals surface area (Å²) in [6.45, 7) is 3.33. The van der Waals surface area contributed by atoms with Crippen molar-refractivity contribution in [2.45, 2.75) is 25.0 Å². The summed E-state index contributed by atoms with van der Waals surface area (Å²) >= 11 is 0. The third kappa shape index (κ3) is 2.33. The first-order valence-corrected chi connectivity index (χ1v) is 5.89. The van der Waals surface area contributed by atoms with Crippen molar-refractivity contribution in [3.8, 4) is 0 Å². The second kappa shape index (κ2) is 4.03. The summed E-state index contributed by atoms with van der Waals surface area (Å²) in [7, 11) is 0. The summed E-state index contributed by atoms with van der Waals surface area (Å²) in [5.41, 5.74) is 7.65. The Kier molecular flexibility index (Phi) is 2.53. The first kappa shape index (κ1) is 10.1. The molecule has 86 valence electrons. The molecule has 1 saturated carbocycles. The van der Waals surface area contributed by atoms with Gasteiger partial charge in [-0.2, -0.15) is 0 Å². The molecule has 3 aliphatic rings. The molecule has 2 aliphatic heterocycles. The normalized spacial score (nSPS) is 30.2. The molecule has 0 spiro atoms. The van der Waals surface area contributed by atoms with Gasteiger partial charge in [0.2, 0.25) is 0 Å². The van der Waals surface area contributed by atoms with Crippen molar-refractivity contribution in [3.05, 3.63) is 24.0 Å². The molecule has 2 N–H and O–H groups in total. The fraction of sp³-hybridized carbons (Fsp3) is 0.583. The highest BCUT2D eigenvalue weighted by Gasteiger charge is 2.39. The predicted molar refractivity (Wildman–Crippen MR) is 61.9 cm³/mol. The molecule has 1 aliphatic carbocycles. The van der Waals surface area contributed by atoms with Crippen LogP contribution in [-0.4, -0.2) is 35.8 Å². The van der Waals surface area contributed by atoms with Crippen molar-refractivity contribution in [2.24, 2.45) is 0 Å². The largest absolute Gasteiger partial charge is 0.397 e. The van der Waals surface area contributed by atoms with Crippen LogP contribution in [0.4, 0.5) is 5.69 Å². The van der Waals surface area contributed by atoms with Crippen LogP contribution in [0.1, 0.15) is 24.3 Å². The van der Waals surface area contributed by atoms with Crippen LogP contribution in [-0.2, 0) is 4.74 Å². The molecule has 16 heavy (non-hydrogen) atoms. The van der Waals surface area contributed by atoms with E-state index < -0.39 is 0 Å². The topological polar surface area (TPSA) is 51.1 Å². The van der Waals surface area contributed by atoms with E-state index in [4.69, 9.17) is 10.5 Å². The second-order valence-electron chi connectivity index (χ2n) is 4.65. The van der Waals surface area contributed by atoms with Gasteiger partial charge in [0.15, 0.2) is 0 Å². The summed E-state index contributed by atoms with van der Waals surface area (Å²) in [6, 6.07) is 2.02. The molecule has 0 bridgehead atoms. The fourth-order valence-electron chi connectivity index (χ4n) is 1.97. The lowest BCUT2D eigenvalue weighted by molar-refractivity contribution is 0.159. The predicted octanol–water partition coefficient (Wildman–Crippen LogP) is 1.20. The Morgan fingerprint density at radius 1 is 1.38 bits per heavy atom. The highest BCUT2D eigenvalue weighted by Crippen LogP contribution is 2.39. The molecular weight excluding hydrogens is 202 g/mol. The lowest BCUT2D eigenvalue weighted by Crippen LogP contribution is -1.96. The monoisotopic (exact) mass is 219 g/mol. The number of hydrogen-bond acceptors (Lipinski definition) is 4. The van der Waals surface area contributed by atoms with Crippen molar-refractivity contribution in [3.63, 3.8) is 0 Å². The average Bonchev–Trinajstić information content (AvgIpc) is 3.21. The number of rotatable bonds is 1. The van der Waals surface area contributed by atoms with Crippen molar-refractivity contribution < 1.29 is 4.74 Å². The fourth-order valence-corrected chi connectivity index (χ4v) is 1.97. The van der Waals surface area contributed by atoms with E-state index in [-0.39, 0.29) is 0 Å². The highest BCUT2D eigenvalue weighted by atomic mass is 16.5. The van der Waals surface area contributed by atoms with Crippen molar-refractivity contribution >= 4 is 5.69 Å². The van der Waals surface area contributed by atoms with Gasteiger partial charge in [-0.15, -0.1) is 0 Å². The number of aromatic nitrogens is 1. The molecule has 1 aromatic heterocycles. The van der Waals surface area contributed by atoms with E-state index in [2.05, 4.69) is 9.88 Å². The Morgan fingerprint density at radius 3 is 2.69 bits per heavy atom. The Balaban J connectivity index is 0.000000114. The van der Waals surface area contributed by atoms with E-state index in [1.54, 1.807) is 6.20 Å². The van der Waals surface area contributed by atoms with Gasteiger partial charge in [-0.3, -0.25) is 9.88 Å². The van der Waals surface area contributed by atoms with Gasteiger partial charge in [-0.25, -0.2) is 0 Å². The molecule has 4 heteroatoms. The number of anilines is 1. The van der Waals surface area contributed by atoms with Gasteiger partial charge in [0.25, 0.3) is 0 Å². The first-order chi connectivity index (χ1) is 7.83. The number of nitrogens with two attached hydrogens (primary N) is 1. The van der Waals surface area contributed by atoms with Crippen LogP contribution in [0.25, 0.3) is 0 Å². The standard InChI is InChI=1S/C8H10N2.C4H7NO/c9-8-3-7(4-10-5-8)6-1-2-6;1-2-6-4-3-5(1)4/h3-6H,1-2,9H2;4H,1-3H2. The minimum absolute atomic E-state index is 0.546. The van der Waals surface area contributed by atoms with E-state index in [0.717, 1.165) is 18.2 Å². The van der Waals surface area contributed by atoms with E-state index >= 15 is 0 Å². The van der Waals surface area contributed by atoms with Gasteiger partial charge in [0.05, 0.1) is 12.3 Å². The average molecular weight is 219 g/mol. The molecule has 4 nitrogen and oxygen atoms in total. The summed E-state index contributed by atoms with van der Waals surface area (Å²) in [4.78, 5) is 6.33. The van der Waals surface area contributed by atoms with Crippen molar-refractivity contribution in [1.82, 2.24) is 9.88 Å². The van der Waals surface area contributed by atoms with Crippen molar-refractivity contribution in [1.29, 1.82) is 0 Å². The quantitative estimate of drug-likeness (QED) is 0.721. The number of hydrogen-bond donors (Lipinski definition) is 1. The van der Waals surface area contributed by atoms with Gasteiger partial charge < -0.3 is 10.5 Å². The SMILES string of the molecule is C1CN2CC2O1.Nc1cncc(C2CC2)c1. The minimum Gasteiger partial charge on any atom is -0.397 e. The molecule has 3 heterocycles. The maximum absolute atomic E-state index is 5.56. The zero-order valence-corrected chi connectivity index (χ0v) is 9.30. The third-order valence-electron chi connectivity index (χ3n) is 3.18. The smallest absolute Gasteiger partial charge is 0.123 e. The number of morpholine rings is 1. The summed E-state index contributed by atoms with van der Waals surface area (Å²) in [5, 5.41) is 0. The Labute approximate surface area is 95.4 Å². The molecule has 0 aromatic carbocycles. The molecule has 1 aromatic rings. The number of fused-ring (bicyclic) bond motifs is 1. The maximum atomic E-state index is 5.56. The minimum atomic E-state index is 0.546. The Bertz CT molecular complexity index is 370. The Hall–Kier alpha value is -1.13. The molecule has 0 amide bonds. The number of pyridine rings is 1. The molecule has 2 saturated heterocycles. The summed E-state index contributed by atoms with van der Waals surface area (Å²) < 4.78 is 5.15. The third-order valence-corrected chi connectivity index (χ3v) is 3.18. The molecule has 2 atom stereocenters. The van der Waals surface area contributed by atoms with Gasteiger partial charge in [-0.05, 0) is 30.4 Å². The van der Waals surface area contributed by atoms with E-state index in [1.807, 2.05) is 12.3 Å². The number of nitrogens with zero attached hydrogens (tertiary/aromatic N) is 2. The van der Waals surface area contributed by atoms with Crippen LogP contribution in [0.2, 0.25) is 0 Å². The molecular formula is C12H17N3O. The Morgan fingerprint density at radius 2 is 2.25 bits per heavy atom. The van der Waals surface area contributed by atoms with Crippen LogP contribution in [0.3, 0.4) is 0 Å². The van der Waals surface area contributed by atoms with E-state index in [9.17, 15) is 0 Å². The van der Waals surface area contributed by atoms with Crippen LogP contribution in [0.15, 0.2) is 18.5 Å². The van der Waals surface area contributed by atoms with Crippen LogP contribution >= 0.6 is 0 Å². The van der Waals surface area contributed by atoms with E-state index in [0.29, 0.717) is 6.23 Å². The van der Waals surface area contributed by atoms with Gasteiger partial charge >= 0.3 is 0 Å². The molecule has 3 fully saturated rings. The molecule has 2 unspecified atom stereocenters. The van der Waals surface area contributed by atoms with Gasteiger partial charge in [0.1, 0.15) is 6.23 Å². The summed E-state index contributed by atoms with van der Waals surface area (Å²) in [6.07, 6.45) is 6.76. The zero-order valence-electron chi connectivity index (χ0n) is 9.30. The lowest BCUT2D eigenvalue weighted by atomic mass is 10.2. The van der Waals surface area contributed by atoms with Crippen LogP contribution < -0.4 is 5.73 Å². The lowest BCUT2D eigenvalue weighted by Gasteiger charge is -1.96. The maximum Gasteiger partial charge on any atom is 0.123 e. The van der Waals surface area contributed by atoms with Crippen LogP contribution in [0.5, 0.6) is 0 Å². The first-order valence-electron chi connectivity index (χ1n) is 5.89. The highest BCUT2D eigenvalue weighted by molar-refractivity contribution is 5.39. The zero-order chi connectivity index (χ0) is 11.0. The van der Waals surface area contributed by atoms with Gasteiger partial charge in [-0.1, -0.05) is 0 Å². The summed E-state index contributed by atoms with van der Waals surface area (Å²) in [5.74, 6) is 0.760. The molecule has 0 radical (unpaired) electrons. The number of ether oxygens (including phenoxy) is 1.